The molecule has 128 valence electrons. The summed E-state index contributed by atoms with van der Waals surface area (Å²) < 4.78 is 1.82. The van der Waals surface area contributed by atoms with Gasteiger partial charge in [-0.1, -0.05) is 31.9 Å². The predicted octanol–water partition coefficient (Wildman–Crippen LogP) is 2.75. The Morgan fingerprint density at radius 1 is 1.25 bits per heavy atom. The van der Waals surface area contributed by atoms with Crippen molar-refractivity contribution in [2.24, 2.45) is 5.92 Å². The number of imide groups is 1. The summed E-state index contributed by atoms with van der Waals surface area (Å²) in [4.78, 5) is 28.7. The summed E-state index contributed by atoms with van der Waals surface area (Å²) in [6, 6.07) is 7.41. The van der Waals surface area contributed by atoms with Gasteiger partial charge in [-0.3, -0.25) is 10.1 Å². The quantitative estimate of drug-likeness (QED) is 0.909. The van der Waals surface area contributed by atoms with Crippen LogP contribution in [0.25, 0.3) is 11.0 Å². The van der Waals surface area contributed by atoms with Gasteiger partial charge in [0.25, 0.3) is 0 Å². The van der Waals surface area contributed by atoms with Gasteiger partial charge >= 0.3 is 6.03 Å². The third-order valence-corrected chi connectivity index (χ3v) is 4.83. The van der Waals surface area contributed by atoms with E-state index in [2.05, 4.69) is 22.5 Å². The lowest BCUT2D eigenvalue weighted by Gasteiger charge is -2.29. The molecule has 2 atom stereocenters. The van der Waals surface area contributed by atoms with Crippen molar-refractivity contribution in [1.29, 1.82) is 0 Å². The molecule has 0 radical (unpaired) electrons. The second-order valence-electron chi connectivity index (χ2n) is 6.62. The van der Waals surface area contributed by atoms with E-state index in [9.17, 15) is 9.59 Å². The molecule has 0 bridgehead atoms. The summed E-state index contributed by atoms with van der Waals surface area (Å²) in [5, 5.41) is 5.38. The SMILES string of the molecule is Cc1nc2ccccc2n1CC(=O)NC(=O)N[C@H]1CCCC[C@@H]1C. The molecule has 2 N–H and O–H groups in total. The van der Waals surface area contributed by atoms with E-state index in [1.165, 1.54) is 6.42 Å². The second-order valence-corrected chi connectivity index (χ2v) is 6.62. The molecule has 1 saturated carbocycles. The van der Waals surface area contributed by atoms with Gasteiger partial charge in [0.05, 0.1) is 11.0 Å². The van der Waals surface area contributed by atoms with E-state index in [-0.39, 0.29) is 18.5 Å². The number of benzene rings is 1. The van der Waals surface area contributed by atoms with E-state index in [0.29, 0.717) is 5.92 Å². The first kappa shape index (κ1) is 16.5. The highest BCUT2D eigenvalue weighted by Crippen LogP contribution is 2.23. The summed E-state index contributed by atoms with van der Waals surface area (Å²) in [6.07, 6.45) is 4.45. The number of carbonyl (C=O) groups is 2. The minimum absolute atomic E-state index is 0.0833. The number of aromatic nitrogens is 2. The Hall–Kier alpha value is -2.37. The summed E-state index contributed by atoms with van der Waals surface area (Å²) in [6.45, 7) is 4.09. The van der Waals surface area contributed by atoms with Gasteiger partial charge < -0.3 is 9.88 Å². The van der Waals surface area contributed by atoms with Gasteiger partial charge in [-0.05, 0) is 37.8 Å². The molecular weight excluding hydrogens is 304 g/mol. The fourth-order valence-corrected chi connectivity index (χ4v) is 3.44. The molecule has 24 heavy (non-hydrogen) atoms. The van der Waals surface area contributed by atoms with Crippen LogP contribution in [0.1, 0.15) is 38.4 Å². The van der Waals surface area contributed by atoms with Crippen LogP contribution in [0.15, 0.2) is 24.3 Å². The lowest BCUT2D eigenvalue weighted by molar-refractivity contribution is -0.120. The molecule has 3 amide bonds. The third kappa shape index (κ3) is 3.58. The molecule has 6 nitrogen and oxygen atoms in total. The van der Waals surface area contributed by atoms with Gasteiger partial charge in [0.2, 0.25) is 5.91 Å². The van der Waals surface area contributed by atoms with Crippen LogP contribution in [0.2, 0.25) is 0 Å². The molecule has 0 spiro atoms. The lowest BCUT2D eigenvalue weighted by Crippen LogP contribution is -2.48. The molecule has 1 aliphatic carbocycles. The number of amides is 3. The maximum Gasteiger partial charge on any atom is 0.321 e. The van der Waals surface area contributed by atoms with E-state index in [1.54, 1.807) is 0 Å². The van der Waals surface area contributed by atoms with Crippen molar-refractivity contribution in [3.05, 3.63) is 30.1 Å². The first-order valence-electron chi connectivity index (χ1n) is 8.57. The van der Waals surface area contributed by atoms with Crippen molar-refractivity contribution in [2.75, 3.05) is 0 Å². The monoisotopic (exact) mass is 328 g/mol. The molecule has 1 aromatic heterocycles. The van der Waals surface area contributed by atoms with Crippen molar-refractivity contribution < 1.29 is 9.59 Å². The fraction of sp³-hybridized carbons (Fsp3) is 0.500. The zero-order valence-corrected chi connectivity index (χ0v) is 14.2. The number of hydrogen-bond acceptors (Lipinski definition) is 3. The summed E-state index contributed by atoms with van der Waals surface area (Å²) in [5.74, 6) is 0.884. The molecule has 1 heterocycles. The molecule has 0 unspecified atom stereocenters. The zero-order chi connectivity index (χ0) is 17.1. The van der Waals surface area contributed by atoms with Crippen LogP contribution in [-0.4, -0.2) is 27.5 Å². The largest absolute Gasteiger partial charge is 0.335 e. The van der Waals surface area contributed by atoms with Gasteiger partial charge in [0, 0.05) is 6.04 Å². The van der Waals surface area contributed by atoms with E-state index in [1.807, 2.05) is 35.8 Å². The highest BCUT2D eigenvalue weighted by atomic mass is 16.2. The van der Waals surface area contributed by atoms with Crippen molar-refractivity contribution in [3.63, 3.8) is 0 Å². The highest BCUT2D eigenvalue weighted by molar-refractivity contribution is 5.94. The molecule has 0 aliphatic heterocycles. The van der Waals surface area contributed by atoms with Crippen LogP contribution in [0.5, 0.6) is 0 Å². The number of aryl methyl sites for hydroxylation is 1. The van der Waals surface area contributed by atoms with Gasteiger partial charge in [-0.15, -0.1) is 0 Å². The maximum atomic E-state index is 12.2. The fourth-order valence-electron chi connectivity index (χ4n) is 3.44. The zero-order valence-electron chi connectivity index (χ0n) is 14.2. The Morgan fingerprint density at radius 3 is 2.79 bits per heavy atom. The average Bonchev–Trinajstić information content (AvgIpc) is 2.85. The Kier molecular flexibility index (Phi) is 4.83. The third-order valence-electron chi connectivity index (χ3n) is 4.83. The average molecular weight is 328 g/mol. The molecule has 1 aromatic carbocycles. The van der Waals surface area contributed by atoms with Crippen LogP contribution in [0.3, 0.4) is 0 Å². The van der Waals surface area contributed by atoms with E-state index in [4.69, 9.17) is 0 Å². The maximum absolute atomic E-state index is 12.2. The van der Waals surface area contributed by atoms with Crippen LogP contribution < -0.4 is 10.6 Å². The van der Waals surface area contributed by atoms with Crippen LogP contribution >= 0.6 is 0 Å². The number of para-hydroxylation sites is 2. The number of fused-ring (bicyclic) bond motifs is 1. The van der Waals surface area contributed by atoms with Crippen LogP contribution in [0, 0.1) is 12.8 Å². The van der Waals surface area contributed by atoms with Gasteiger partial charge in [0.1, 0.15) is 12.4 Å². The molecule has 1 aliphatic rings. The van der Waals surface area contributed by atoms with E-state index >= 15 is 0 Å². The Bertz CT molecular complexity index is 753. The van der Waals surface area contributed by atoms with Crippen LogP contribution in [-0.2, 0) is 11.3 Å². The van der Waals surface area contributed by atoms with Crippen molar-refractivity contribution in [3.8, 4) is 0 Å². The van der Waals surface area contributed by atoms with Gasteiger partial charge in [-0.2, -0.15) is 0 Å². The molecule has 2 aromatic rings. The number of carbonyl (C=O) groups excluding carboxylic acids is 2. The second kappa shape index (κ2) is 7.03. The minimum Gasteiger partial charge on any atom is -0.335 e. The smallest absolute Gasteiger partial charge is 0.321 e. The summed E-state index contributed by atoms with van der Waals surface area (Å²) in [5.41, 5.74) is 1.75. The Balaban J connectivity index is 1.60. The summed E-state index contributed by atoms with van der Waals surface area (Å²) in [7, 11) is 0. The van der Waals surface area contributed by atoms with Crippen LogP contribution in [0.4, 0.5) is 4.79 Å². The number of nitrogens with one attached hydrogen (secondary N) is 2. The number of rotatable bonds is 3. The Morgan fingerprint density at radius 2 is 2.00 bits per heavy atom. The van der Waals surface area contributed by atoms with E-state index < -0.39 is 6.03 Å². The molecular formula is C18H24N4O2. The normalized spacial score (nSPS) is 20.8. The van der Waals surface area contributed by atoms with Crippen molar-refractivity contribution in [2.45, 2.75) is 52.1 Å². The topological polar surface area (TPSA) is 76.0 Å². The highest BCUT2D eigenvalue weighted by Gasteiger charge is 2.23. The number of hydrogen-bond donors (Lipinski definition) is 2. The summed E-state index contributed by atoms with van der Waals surface area (Å²) >= 11 is 0. The Labute approximate surface area is 141 Å². The van der Waals surface area contributed by atoms with Crippen molar-refractivity contribution in [1.82, 2.24) is 20.2 Å². The number of urea groups is 1. The first-order chi connectivity index (χ1) is 11.5. The standard InChI is InChI=1S/C18H24N4O2/c1-12-7-3-4-8-14(12)20-18(24)21-17(23)11-22-13(2)19-15-9-5-6-10-16(15)22/h5-6,9-10,12,14H,3-4,7-8,11H2,1-2H3,(H2,20,21,23,24)/t12-,14-/m0/s1. The van der Waals surface area contributed by atoms with Gasteiger partial charge in [-0.25, -0.2) is 9.78 Å². The number of imidazole rings is 1. The molecule has 1 fully saturated rings. The molecule has 6 heteroatoms. The molecule has 0 saturated heterocycles. The van der Waals surface area contributed by atoms with Gasteiger partial charge in [0.15, 0.2) is 0 Å². The van der Waals surface area contributed by atoms with Crippen molar-refractivity contribution >= 4 is 23.0 Å². The predicted molar refractivity (Wildman–Crippen MR) is 92.6 cm³/mol. The minimum atomic E-state index is -0.402. The lowest BCUT2D eigenvalue weighted by atomic mass is 9.86. The molecule has 3 rings (SSSR count). The van der Waals surface area contributed by atoms with E-state index in [0.717, 1.165) is 36.1 Å². The first-order valence-corrected chi connectivity index (χ1v) is 8.57. The number of nitrogens with zero attached hydrogens (tertiary/aromatic N) is 2.